The van der Waals surface area contributed by atoms with Crippen molar-refractivity contribution in [3.63, 3.8) is 0 Å². The third kappa shape index (κ3) is 4.50. The summed E-state index contributed by atoms with van der Waals surface area (Å²) in [6, 6.07) is 12.3. The van der Waals surface area contributed by atoms with Crippen molar-refractivity contribution >= 4 is 17.5 Å². The Balaban J connectivity index is 1.47. The number of hydrogen-bond acceptors (Lipinski definition) is 4. The van der Waals surface area contributed by atoms with Gasteiger partial charge in [-0.15, -0.1) is 0 Å². The maximum absolute atomic E-state index is 11.9. The number of amides is 2. The topological polar surface area (TPSA) is 76.7 Å². The number of hydrogen-bond donors (Lipinski definition) is 2. The summed E-state index contributed by atoms with van der Waals surface area (Å²) >= 11 is 0. The quantitative estimate of drug-likeness (QED) is 0.820. The van der Waals surface area contributed by atoms with Gasteiger partial charge in [-0.25, -0.2) is 4.79 Å². The first-order chi connectivity index (χ1) is 12.1. The minimum Gasteiger partial charge on any atom is -0.486 e. The van der Waals surface area contributed by atoms with E-state index in [2.05, 4.69) is 10.6 Å². The standard InChI is InChI=1S/C19H20N2O4/c1-13(22)15-3-5-16(6-4-15)21-19(23)20-9-8-14-2-7-17-18(12-14)25-11-10-24-17/h2-7,12H,8-11H2,1H3,(H2,20,21,23). The maximum atomic E-state index is 11.9. The molecule has 2 aromatic carbocycles. The molecule has 0 fully saturated rings. The zero-order valence-electron chi connectivity index (χ0n) is 14.0. The number of rotatable bonds is 5. The monoisotopic (exact) mass is 340 g/mol. The molecule has 0 saturated carbocycles. The Kier molecular flexibility index (Phi) is 5.18. The molecule has 0 atom stereocenters. The normalized spacial score (nSPS) is 12.4. The van der Waals surface area contributed by atoms with Crippen LogP contribution in [0.1, 0.15) is 22.8 Å². The molecule has 0 spiro atoms. The van der Waals surface area contributed by atoms with Crippen LogP contribution < -0.4 is 20.1 Å². The molecule has 6 nitrogen and oxygen atoms in total. The Morgan fingerprint density at radius 1 is 1.00 bits per heavy atom. The second kappa shape index (κ2) is 7.70. The van der Waals surface area contributed by atoms with Crippen LogP contribution in [0.3, 0.4) is 0 Å². The largest absolute Gasteiger partial charge is 0.486 e. The van der Waals surface area contributed by atoms with Crippen LogP contribution in [-0.2, 0) is 6.42 Å². The van der Waals surface area contributed by atoms with Crippen molar-refractivity contribution in [2.24, 2.45) is 0 Å². The number of ketones is 1. The lowest BCUT2D eigenvalue weighted by Crippen LogP contribution is -2.30. The van der Waals surface area contributed by atoms with E-state index in [9.17, 15) is 9.59 Å². The van der Waals surface area contributed by atoms with Gasteiger partial charge in [-0.05, 0) is 55.3 Å². The van der Waals surface area contributed by atoms with Crippen LogP contribution in [0.4, 0.5) is 10.5 Å². The average Bonchev–Trinajstić information content (AvgIpc) is 2.62. The Morgan fingerprint density at radius 2 is 1.72 bits per heavy atom. The molecule has 0 bridgehead atoms. The number of urea groups is 1. The molecule has 2 N–H and O–H groups in total. The summed E-state index contributed by atoms with van der Waals surface area (Å²) < 4.78 is 11.0. The van der Waals surface area contributed by atoms with Crippen molar-refractivity contribution in [1.29, 1.82) is 0 Å². The molecule has 1 heterocycles. The van der Waals surface area contributed by atoms with Gasteiger partial charge in [-0.2, -0.15) is 0 Å². The van der Waals surface area contributed by atoms with Crippen LogP contribution in [0.25, 0.3) is 0 Å². The number of carbonyl (C=O) groups is 2. The Labute approximate surface area is 146 Å². The first-order valence-electron chi connectivity index (χ1n) is 8.16. The van der Waals surface area contributed by atoms with Crippen LogP contribution in [0.15, 0.2) is 42.5 Å². The van der Waals surface area contributed by atoms with Gasteiger partial charge in [0.25, 0.3) is 0 Å². The molecular formula is C19H20N2O4. The van der Waals surface area contributed by atoms with Crippen LogP contribution in [0, 0.1) is 0 Å². The summed E-state index contributed by atoms with van der Waals surface area (Å²) in [5.41, 5.74) is 2.32. The number of nitrogens with one attached hydrogen (secondary N) is 2. The highest BCUT2D eigenvalue weighted by Gasteiger charge is 2.11. The van der Waals surface area contributed by atoms with Gasteiger partial charge in [0.05, 0.1) is 0 Å². The molecule has 130 valence electrons. The van der Waals surface area contributed by atoms with E-state index in [0.717, 1.165) is 17.1 Å². The molecule has 25 heavy (non-hydrogen) atoms. The fourth-order valence-corrected chi connectivity index (χ4v) is 2.53. The van der Waals surface area contributed by atoms with E-state index in [1.165, 1.54) is 6.92 Å². The van der Waals surface area contributed by atoms with Gasteiger partial charge in [0, 0.05) is 17.8 Å². The SMILES string of the molecule is CC(=O)c1ccc(NC(=O)NCCc2ccc3c(c2)OCCO3)cc1. The number of carbonyl (C=O) groups excluding carboxylic acids is 2. The van der Waals surface area contributed by atoms with E-state index >= 15 is 0 Å². The van der Waals surface area contributed by atoms with Gasteiger partial charge in [-0.3, -0.25) is 4.79 Å². The molecule has 0 radical (unpaired) electrons. The second-order valence-electron chi connectivity index (χ2n) is 5.74. The Morgan fingerprint density at radius 3 is 2.44 bits per heavy atom. The van der Waals surface area contributed by atoms with Crippen LogP contribution in [0.2, 0.25) is 0 Å². The van der Waals surface area contributed by atoms with Crippen LogP contribution in [-0.4, -0.2) is 31.6 Å². The highest BCUT2D eigenvalue weighted by molar-refractivity contribution is 5.95. The number of ether oxygens (including phenoxy) is 2. The van der Waals surface area contributed by atoms with E-state index in [1.54, 1.807) is 24.3 Å². The van der Waals surface area contributed by atoms with E-state index in [4.69, 9.17) is 9.47 Å². The van der Waals surface area contributed by atoms with Crippen LogP contribution >= 0.6 is 0 Å². The lowest BCUT2D eigenvalue weighted by molar-refractivity contribution is 0.101. The van der Waals surface area contributed by atoms with Crippen molar-refractivity contribution in [3.05, 3.63) is 53.6 Å². The molecule has 2 amide bonds. The third-order valence-corrected chi connectivity index (χ3v) is 3.86. The first kappa shape index (κ1) is 16.8. The minimum atomic E-state index is -0.284. The number of fused-ring (bicyclic) bond motifs is 1. The second-order valence-corrected chi connectivity index (χ2v) is 5.74. The van der Waals surface area contributed by atoms with Gasteiger partial charge in [0.2, 0.25) is 0 Å². The van der Waals surface area contributed by atoms with Crippen molar-refractivity contribution in [2.75, 3.05) is 25.1 Å². The van der Waals surface area contributed by atoms with Crippen molar-refractivity contribution in [2.45, 2.75) is 13.3 Å². The van der Waals surface area contributed by atoms with E-state index < -0.39 is 0 Å². The van der Waals surface area contributed by atoms with E-state index in [-0.39, 0.29) is 11.8 Å². The molecule has 0 aliphatic carbocycles. The molecular weight excluding hydrogens is 320 g/mol. The molecule has 0 saturated heterocycles. The summed E-state index contributed by atoms with van der Waals surface area (Å²) in [7, 11) is 0. The predicted molar refractivity (Wildman–Crippen MR) is 94.6 cm³/mol. The summed E-state index contributed by atoms with van der Waals surface area (Å²) in [6.45, 7) is 3.13. The van der Waals surface area contributed by atoms with Gasteiger partial charge in [0.15, 0.2) is 17.3 Å². The predicted octanol–water partition coefficient (Wildman–Crippen LogP) is 3.02. The number of benzene rings is 2. The van der Waals surface area contributed by atoms with Gasteiger partial charge in [-0.1, -0.05) is 6.07 Å². The minimum absolute atomic E-state index is 0.00423. The van der Waals surface area contributed by atoms with Gasteiger partial charge >= 0.3 is 6.03 Å². The summed E-state index contributed by atoms with van der Waals surface area (Å²) in [4.78, 5) is 23.1. The van der Waals surface area contributed by atoms with Gasteiger partial charge in [0.1, 0.15) is 13.2 Å². The number of Topliss-reactive ketones (excluding diaryl/α,β-unsaturated/α-hetero) is 1. The smallest absolute Gasteiger partial charge is 0.319 e. The fraction of sp³-hybridized carbons (Fsp3) is 0.263. The Hall–Kier alpha value is -3.02. The highest BCUT2D eigenvalue weighted by atomic mass is 16.6. The molecule has 2 aromatic rings. The van der Waals surface area contributed by atoms with Gasteiger partial charge < -0.3 is 20.1 Å². The fourth-order valence-electron chi connectivity index (χ4n) is 2.53. The summed E-state index contributed by atoms with van der Waals surface area (Å²) in [5, 5.41) is 5.55. The maximum Gasteiger partial charge on any atom is 0.319 e. The first-order valence-corrected chi connectivity index (χ1v) is 8.16. The Bertz CT molecular complexity index is 771. The third-order valence-electron chi connectivity index (χ3n) is 3.86. The zero-order valence-corrected chi connectivity index (χ0v) is 14.0. The zero-order chi connectivity index (χ0) is 17.6. The highest BCUT2D eigenvalue weighted by Crippen LogP contribution is 2.30. The van der Waals surface area contributed by atoms with Crippen molar-refractivity contribution in [3.8, 4) is 11.5 Å². The number of anilines is 1. The van der Waals surface area contributed by atoms with E-state index in [0.29, 0.717) is 37.4 Å². The molecule has 3 rings (SSSR count). The molecule has 6 heteroatoms. The molecule has 1 aliphatic heterocycles. The van der Waals surface area contributed by atoms with Crippen molar-refractivity contribution in [1.82, 2.24) is 5.32 Å². The molecule has 0 aromatic heterocycles. The lowest BCUT2D eigenvalue weighted by atomic mass is 10.1. The average molecular weight is 340 g/mol. The van der Waals surface area contributed by atoms with E-state index in [1.807, 2.05) is 18.2 Å². The molecule has 1 aliphatic rings. The molecule has 0 unspecified atom stereocenters. The lowest BCUT2D eigenvalue weighted by Gasteiger charge is -2.18. The van der Waals surface area contributed by atoms with Crippen molar-refractivity contribution < 1.29 is 19.1 Å². The summed E-state index contributed by atoms with van der Waals surface area (Å²) in [5.74, 6) is 1.50. The van der Waals surface area contributed by atoms with Crippen LogP contribution in [0.5, 0.6) is 11.5 Å². The summed E-state index contributed by atoms with van der Waals surface area (Å²) in [6.07, 6.45) is 0.688.